The fourth-order valence-electron chi connectivity index (χ4n) is 7.93. The number of para-hydroxylation sites is 1. The predicted molar refractivity (Wildman–Crippen MR) is 222 cm³/mol. The van der Waals surface area contributed by atoms with Crippen LogP contribution in [0.2, 0.25) is 0 Å². The maximum atomic E-state index is 12.0. The highest BCUT2D eigenvalue weighted by molar-refractivity contribution is 5.90. The van der Waals surface area contributed by atoms with Gasteiger partial charge in [-0.05, 0) is 66.3 Å². The fraction of sp³-hybridized carbons (Fsp3) is 0.489. The number of nitrogens with one attached hydrogen (secondary N) is 1. The molecule has 1 amide bonds. The van der Waals surface area contributed by atoms with Crippen molar-refractivity contribution < 1.29 is 71.7 Å². The van der Waals surface area contributed by atoms with Crippen LogP contribution in [0.3, 0.4) is 0 Å². The molecule has 62 heavy (non-hydrogen) atoms. The summed E-state index contributed by atoms with van der Waals surface area (Å²) in [5.41, 5.74) is 4.59. The molecule has 0 saturated carbocycles. The average molecular weight is 867 g/mol. The van der Waals surface area contributed by atoms with Crippen LogP contribution in [0.15, 0.2) is 101 Å². The van der Waals surface area contributed by atoms with Gasteiger partial charge in [-0.15, -0.1) is 0 Å². The molecule has 0 bridgehead atoms. The number of ether oxygens (including phenoxy) is 9. The van der Waals surface area contributed by atoms with E-state index in [1.165, 1.54) is 45.0 Å². The monoisotopic (exact) mass is 866 g/mol. The Kier molecular flexibility index (Phi) is 17.8. The van der Waals surface area contributed by atoms with Crippen molar-refractivity contribution in [3.8, 4) is 5.75 Å². The number of fused-ring (bicyclic) bond motifs is 3. The van der Waals surface area contributed by atoms with Crippen molar-refractivity contribution in [1.82, 2.24) is 10.2 Å². The number of nitrogens with zero attached hydrogens (tertiary/aromatic N) is 1. The Hall–Kier alpha value is -6.07. The van der Waals surface area contributed by atoms with Crippen LogP contribution in [0.5, 0.6) is 5.75 Å². The number of rotatable bonds is 6. The first-order chi connectivity index (χ1) is 29.6. The van der Waals surface area contributed by atoms with Crippen molar-refractivity contribution in [3.05, 3.63) is 101 Å². The SMILES string of the molecule is CNC.COC(=O)C1=COC(O)C2C(C)=CCC12.COC(=O)C1=COC(OC(=O)N(C)C)C2C(C)=CCC12.COC(=O)C1=COC(OC(=O)Oc2ccccc2)C2C(C)=CCC12. The summed E-state index contributed by atoms with van der Waals surface area (Å²) in [6.45, 7) is 5.81. The minimum atomic E-state index is -0.848. The summed E-state index contributed by atoms with van der Waals surface area (Å²) in [5.74, 6) is -1.48. The summed E-state index contributed by atoms with van der Waals surface area (Å²) < 4.78 is 46.0. The molecule has 0 saturated heterocycles. The van der Waals surface area contributed by atoms with E-state index < -0.39 is 43.1 Å². The third kappa shape index (κ3) is 11.6. The Balaban J connectivity index is 0.000000203. The Morgan fingerprint density at radius 1 is 0.629 bits per heavy atom. The Labute approximate surface area is 361 Å². The summed E-state index contributed by atoms with van der Waals surface area (Å²) in [6, 6.07) is 8.64. The van der Waals surface area contributed by atoms with Crippen LogP contribution in [-0.2, 0) is 52.3 Å². The summed E-state index contributed by atoms with van der Waals surface area (Å²) in [5, 5.41) is 12.4. The van der Waals surface area contributed by atoms with Crippen LogP contribution in [0.25, 0.3) is 0 Å². The van der Waals surface area contributed by atoms with Crippen molar-refractivity contribution in [2.45, 2.75) is 58.9 Å². The summed E-state index contributed by atoms with van der Waals surface area (Å²) in [4.78, 5) is 60.1. The number of hydrogen-bond donors (Lipinski definition) is 2. The minimum Gasteiger partial charge on any atom is -0.472 e. The van der Waals surface area contributed by atoms with E-state index in [4.69, 9.17) is 37.9 Å². The number of benzene rings is 1. The van der Waals surface area contributed by atoms with Crippen LogP contribution in [0.4, 0.5) is 9.59 Å². The van der Waals surface area contributed by atoms with Gasteiger partial charge in [-0.1, -0.05) is 53.1 Å². The third-order valence-electron chi connectivity index (χ3n) is 11.0. The smallest absolute Gasteiger partial charge is 0.472 e. The van der Waals surface area contributed by atoms with E-state index in [1.807, 2.05) is 59.2 Å². The number of methoxy groups -OCH3 is 3. The van der Waals surface area contributed by atoms with Gasteiger partial charge in [-0.3, -0.25) is 0 Å². The molecule has 1 aromatic carbocycles. The highest BCUT2D eigenvalue weighted by atomic mass is 16.8. The van der Waals surface area contributed by atoms with Gasteiger partial charge in [0.25, 0.3) is 12.6 Å². The molecule has 3 aliphatic carbocycles. The van der Waals surface area contributed by atoms with Gasteiger partial charge in [-0.25, -0.2) is 24.0 Å². The van der Waals surface area contributed by atoms with E-state index in [0.717, 1.165) is 29.6 Å². The Morgan fingerprint density at radius 3 is 1.44 bits per heavy atom. The molecule has 17 heteroatoms. The molecular weight excluding hydrogens is 808 g/mol. The van der Waals surface area contributed by atoms with Gasteiger partial charge in [0.15, 0.2) is 0 Å². The van der Waals surface area contributed by atoms with Gasteiger partial charge in [0.2, 0.25) is 6.29 Å². The summed E-state index contributed by atoms with van der Waals surface area (Å²) >= 11 is 0. The summed E-state index contributed by atoms with van der Waals surface area (Å²) in [7, 11) is 11.0. The standard InChI is InChI=1S/C18H18O6.C14H19NO5.C11H14O4.C2H7N/c1-11-8-9-13-14(16(19)21-2)10-22-17(15(11)13)24-18(20)23-12-6-4-3-5-7-12;1-8-5-6-9-10(12(16)18-4)7-19-13(11(8)9)20-14(17)15(2)3;1-6-3-4-7-8(10(12)14-2)5-15-11(13)9(6)7;1-3-2/h3-8,10,13,15,17H,9H2,1-2H3;5,7,9,11,13H,6H2,1-4H3;3,5,7,9,11,13H,4H2,1-2H3;3H,1-2H3. The van der Waals surface area contributed by atoms with Gasteiger partial charge in [0, 0.05) is 37.8 Å². The van der Waals surface area contributed by atoms with Crippen molar-refractivity contribution in [1.29, 1.82) is 0 Å². The second kappa shape index (κ2) is 22.7. The first-order valence-corrected chi connectivity index (χ1v) is 20.0. The molecule has 1 aromatic rings. The Morgan fingerprint density at radius 2 is 1.02 bits per heavy atom. The number of aliphatic hydroxyl groups is 1. The lowest BCUT2D eigenvalue weighted by Gasteiger charge is -2.34. The number of carbonyl (C=O) groups excluding carboxylic acids is 5. The molecule has 6 aliphatic rings. The number of hydrogen-bond acceptors (Lipinski definition) is 16. The van der Waals surface area contributed by atoms with Crippen LogP contribution in [0, 0.1) is 35.5 Å². The molecule has 9 atom stereocenters. The van der Waals surface area contributed by atoms with Gasteiger partial charge >= 0.3 is 30.2 Å². The minimum absolute atomic E-state index is 0.00111. The maximum Gasteiger partial charge on any atom is 0.516 e. The summed E-state index contributed by atoms with van der Waals surface area (Å²) in [6.07, 6.45) is 8.53. The third-order valence-corrected chi connectivity index (χ3v) is 11.0. The van der Waals surface area contributed by atoms with Gasteiger partial charge in [0.05, 0.1) is 68.7 Å². The normalized spacial score (nSPS) is 27.0. The van der Waals surface area contributed by atoms with Crippen molar-refractivity contribution in [2.75, 3.05) is 49.5 Å². The van der Waals surface area contributed by atoms with Crippen LogP contribution in [0.1, 0.15) is 40.0 Å². The van der Waals surface area contributed by atoms with Crippen molar-refractivity contribution in [2.24, 2.45) is 35.5 Å². The number of carbonyl (C=O) groups is 5. The van der Waals surface area contributed by atoms with E-state index in [-0.39, 0.29) is 41.5 Å². The molecule has 17 nitrogen and oxygen atoms in total. The zero-order valence-corrected chi connectivity index (χ0v) is 36.8. The van der Waals surface area contributed by atoms with E-state index in [1.54, 1.807) is 38.4 Å². The Bertz CT molecular complexity index is 1970. The molecule has 338 valence electrons. The molecule has 3 heterocycles. The number of esters is 3. The highest BCUT2D eigenvalue weighted by Gasteiger charge is 2.46. The molecular formula is C45H58N2O15. The lowest BCUT2D eigenvalue weighted by atomic mass is 9.84. The molecule has 3 aliphatic heterocycles. The zero-order chi connectivity index (χ0) is 45.7. The largest absolute Gasteiger partial charge is 0.516 e. The van der Waals surface area contributed by atoms with Gasteiger partial charge in [-0.2, -0.15) is 0 Å². The van der Waals surface area contributed by atoms with Gasteiger partial charge in [0.1, 0.15) is 5.75 Å². The van der Waals surface area contributed by atoms with Crippen molar-refractivity contribution >= 4 is 30.2 Å². The fourth-order valence-corrected chi connectivity index (χ4v) is 7.93. The topological polar surface area (TPSA) is 204 Å². The second-order valence-electron chi connectivity index (χ2n) is 15.2. The molecule has 7 rings (SSSR count). The van der Waals surface area contributed by atoms with Crippen LogP contribution in [-0.4, -0.2) is 109 Å². The molecule has 0 radical (unpaired) electrons. The first-order valence-electron chi connectivity index (χ1n) is 20.0. The highest BCUT2D eigenvalue weighted by Crippen LogP contribution is 2.45. The zero-order valence-electron chi connectivity index (χ0n) is 36.8. The molecule has 0 spiro atoms. The van der Waals surface area contributed by atoms with E-state index in [9.17, 15) is 29.1 Å². The average Bonchev–Trinajstić information content (AvgIpc) is 3.98. The predicted octanol–water partition coefficient (Wildman–Crippen LogP) is 5.69. The van der Waals surface area contributed by atoms with Crippen molar-refractivity contribution in [3.63, 3.8) is 0 Å². The molecule has 2 N–H and O–H groups in total. The molecule has 9 unspecified atom stereocenters. The molecule has 0 aromatic heterocycles. The number of aliphatic hydroxyl groups excluding tert-OH is 1. The lowest BCUT2D eigenvalue weighted by Crippen LogP contribution is -2.39. The quantitative estimate of drug-likeness (QED) is 0.153. The van der Waals surface area contributed by atoms with Crippen LogP contribution >= 0.6 is 0 Å². The number of allylic oxidation sites excluding steroid dienone is 3. The number of amides is 1. The van der Waals surface area contributed by atoms with E-state index in [0.29, 0.717) is 28.9 Å². The molecule has 0 fully saturated rings. The van der Waals surface area contributed by atoms with E-state index in [2.05, 4.69) is 10.1 Å². The van der Waals surface area contributed by atoms with E-state index >= 15 is 0 Å². The lowest BCUT2D eigenvalue weighted by molar-refractivity contribution is -0.144. The second-order valence-corrected chi connectivity index (χ2v) is 15.2. The first kappa shape index (κ1) is 48.6. The van der Waals surface area contributed by atoms with Gasteiger partial charge < -0.3 is 58.0 Å². The maximum absolute atomic E-state index is 12.0. The van der Waals surface area contributed by atoms with Crippen LogP contribution < -0.4 is 10.1 Å².